The fraction of sp³-hybridized carbons (Fsp3) is 0.391. The van der Waals surface area contributed by atoms with Gasteiger partial charge in [0.25, 0.3) is 0 Å². The lowest BCUT2D eigenvalue weighted by atomic mass is 9.82. The van der Waals surface area contributed by atoms with Gasteiger partial charge in [-0.1, -0.05) is 20.8 Å². The number of methoxy groups -OCH3 is 2. The number of hydrogen-bond donors (Lipinski definition) is 2. The maximum Gasteiger partial charge on any atom is 0.310 e. The van der Waals surface area contributed by atoms with Crippen molar-refractivity contribution in [2.45, 2.75) is 46.0 Å². The van der Waals surface area contributed by atoms with Crippen LogP contribution >= 0.6 is 0 Å². The summed E-state index contributed by atoms with van der Waals surface area (Å²) < 4.78 is 9.47. The largest absolute Gasteiger partial charge is 0.507 e. The Morgan fingerprint density at radius 3 is 1.72 bits per heavy atom. The first kappa shape index (κ1) is 22.3. The van der Waals surface area contributed by atoms with Crippen molar-refractivity contribution in [2.75, 3.05) is 14.2 Å². The summed E-state index contributed by atoms with van der Waals surface area (Å²) in [7, 11) is 2.60. The van der Waals surface area contributed by atoms with Crippen LogP contribution in [0.1, 0.15) is 43.0 Å². The van der Waals surface area contributed by atoms with Gasteiger partial charge < -0.3 is 19.7 Å². The first-order valence-electron chi connectivity index (χ1n) is 9.30. The molecule has 2 rings (SSSR count). The average Bonchev–Trinajstić information content (AvgIpc) is 2.65. The van der Waals surface area contributed by atoms with Crippen molar-refractivity contribution >= 4 is 11.9 Å². The number of phenolic OH excluding ortho intramolecular Hbond substituents is 2. The number of carbonyl (C=O) groups is 2. The summed E-state index contributed by atoms with van der Waals surface area (Å²) in [5, 5.41) is 21.1. The summed E-state index contributed by atoms with van der Waals surface area (Å²) in [6.07, 6.45) is -0.123. The van der Waals surface area contributed by atoms with Gasteiger partial charge in [0.2, 0.25) is 0 Å². The zero-order valence-corrected chi connectivity index (χ0v) is 17.8. The van der Waals surface area contributed by atoms with Crippen LogP contribution in [-0.2, 0) is 37.3 Å². The Hall–Kier alpha value is -3.02. The highest BCUT2D eigenvalue weighted by Crippen LogP contribution is 2.39. The molecule has 0 fully saturated rings. The predicted octanol–water partition coefficient (Wildman–Crippen LogP) is 3.80. The van der Waals surface area contributed by atoms with E-state index in [1.54, 1.807) is 25.1 Å². The van der Waals surface area contributed by atoms with Crippen molar-refractivity contribution in [3.63, 3.8) is 0 Å². The maximum absolute atomic E-state index is 11.8. The van der Waals surface area contributed by atoms with Crippen LogP contribution < -0.4 is 0 Å². The first-order valence-corrected chi connectivity index (χ1v) is 9.30. The van der Waals surface area contributed by atoms with E-state index in [2.05, 4.69) is 0 Å². The van der Waals surface area contributed by atoms with Crippen LogP contribution in [0.4, 0.5) is 0 Å². The van der Waals surface area contributed by atoms with Crippen LogP contribution in [0.15, 0.2) is 24.3 Å². The van der Waals surface area contributed by atoms with Gasteiger partial charge >= 0.3 is 11.9 Å². The van der Waals surface area contributed by atoms with Gasteiger partial charge in [-0.25, -0.2) is 0 Å². The maximum atomic E-state index is 11.8. The minimum absolute atomic E-state index is 0.0451. The Labute approximate surface area is 171 Å². The highest BCUT2D eigenvalue weighted by atomic mass is 16.5. The van der Waals surface area contributed by atoms with E-state index in [0.717, 1.165) is 11.1 Å². The number of ether oxygens (including phenoxy) is 2. The molecule has 0 bridgehead atoms. The molecule has 0 aliphatic rings. The molecule has 6 nitrogen and oxygen atoms in total. The Kier molecular flexibility index (Phi) is 6.57. The second kappa shape index (κ2) is 8.55. The molecule has 0 aliphatic carbocycles. The lowest BCUT2D eigenvalue weighted by Gasteiger charge is -2.23. The molecule has 6 heteroatoms. The van der Waals surface area contributed by atoms with E-state index in [-0.39, 0.29) is 29.8 Å². The van der Waals surface area contributed by atoms with Gasteiger partial charge in [0.15, 0.2) is 0 Å². The van der Waals surface area contributed by atoms with E-state index in [1.807, 2.05) is 26.8 Å². The molecule has 2 N–H and O–H groups in total. The fourth-order valence-electron chi connectivity index (χ4n) is 3.18. The number of aromatic hydroxyl groups is 2. The van der Waals surface area contributed by atoms with Crippen molar-refractivity contribution in [3.8, 4) is 22.6 Å². The van der Waals surface area contributed by atoms with Crippen molar-refractivity contribution in [1.82, 2.24) is 0 Å². The lowest BCUT2D eigenvalue weighted by molar-refractivity contribution is -0.140. The molecule has 0 aliphatic heterocycles. The molecule has 0 radical (unpaired) electrons. The number of aryl methyl sites for hydroxylation is 1. The normalized spacial score (nSPS) is 11.2. The number of rotatable bonds is 5. The second-order valence-corrected chi connectivity index (χ2v) is 8.09. The van der Waals surface area contributed by atoms with E-state index in [1.165, 1.54) is 14.2 Å². The highest BCUT2D eigenvalue weighted by molar-refractivity contribution is 5.79. The molecule has 0 amide bonds. The molecular weight excluding hydrogens is 372 g/mol. The SMILES string of the molecule is COC(=O)Cc1cc(-c2cc(CC(=O)OC)c(O)c(C(C)(C)C)c2)cc(C)c1O. The average molecular weight is 400 g/mol. The van der Waals surface area contributed by atoms with Gasteiger partial charge in [0, 0.05) is 16.7 Å². The molecule has 0 saturated heterocycles. The zero-order valence-electron chi connectivity index (χ0n) is 17.8. The third-order valence-electron chi connectivity index (χ3n) is 4.83. The predicted molar refractivity (Wildman–Crippen MR) is 110 cm³/mol. The third kappa shape index (κ3) is 5.08. The summed E-state index contributed by atoms with van der Waals surface area (Å²) in [6, 6.07) is 7.12. The quantitative estimate of drug-likeness (QED) is 0.742. The van der Waals surface area contributed by atoms with Gasteiger partial charge in [-0.3, -0.25) is 9.59 Å². The monoisotopic (exact) mass is 400 g/mol. The van der Waals surface area contributed by atoms with Crippen molar-refractivity contribution < 1.29 is 29.3 Å². The van der Waals surface area contributed by atoms with Gasteiger partial charge in [-0.15, -0.1) is 0 Å². The van der Waals surface area contributed by atoms with Crippen LogP contribution in [-0.4, -0.2) is 36.4 Å². The van der Waals surface area contributed by atoms with Crippen molar-refractivity contribution in [1.29, 1.82) is 0 Å². The van der Waals surface area contributed by atoms with Gasteiger partial charge in [0.1, 0.15) is 11.5 Å². The Bertz CT molecular complexity index is 937. The van der Waals surface area contributed by atoms with Gasteiger partial charge in [-0.2, -0.15) is 0 Å². The molecule has 0 unspecified atom stereocenters. The minimum Gasteiger partial charge on any atom is -0.507 e. The molecule has 0 aromatic heterocycles. The summed E-state index contributed by atoms with van der Waals surface area (Å²) >= 11 is 0. The number of esters is 2. The Morgan fingerprint density at radius 1 is 0.828 bits per heavy atom. The standard InChI is InChI=1S/C23H28O6/c1-13-7-14(8-16(21(13)26)11-19(24)28-5)15-9-17(12-20(25)29-6)22(27)18(10-15)23(2,3)4/h7-10,26-27H,11-12H2,1-6H3. The number of phenols is 2. The summed E-state index contributed by atoms with van der Waals surface area (Å²) in [5.74, 6) is -0.796. The van der Waals surface area contributed by atoms with E-state index < -0.39 is 11.9 Å². The van der Waals surface area contributed by atoms with E-state index in [0.29, 0.717) is 22.3 Å². The molecule has 0 saturated carbocycles. The molecule has 0 spiro atoms. The number of hydrogen-bond acceptors (Lipinski definition) is 6. The van der Waals surface area contributed by atoms with E-state index >= 15 is 0 Å². The van der Waals surface area contributed by atoms with Crippen LogP contribution in [0, 0.1) is 6.92 Å². The summed E-state index contributed by atoms with van der Waals surface area (Å²) in [4.78, 5) is 23.5. The van der Waals surface area contributed by atoms with Gasteiger partial charge in [-0.05, 0) is 53.3 Å². The number of carbonyl (C=O) groups excluding carboxylic acids is 2. The molecule has 156 valence electrons. The van der Waals surface area contributed by atoms with Gasteiger partial charge in [0.05, 0.1) is 27.1 Å². The molecule has 29 heavy (non-hydrogen) atoms. The lowest BCUT2D eigenvalue weighted by Crippen LogP contribution is -2.14. The third-order valence-corrected chi connectivity index (χ3v) is 4.83. The topological polar surface area (TPSA) is 93.1 Å². The van der Waals surface area contributed by atoms with Crippen LogP contribution in [0.25, 0.3) is 11.1 Å². The first-order chi connectivity index (χ1) is 13.5. The summed E-state index contributed by atoms with van der Waals surface area (Å²) in [6.45, 7) is 7.66. The fourth-order valence-corrected chi connectivity index (χ4v) is 3.18. The van der Waals surface area contributed by atoms with Crippen molar-refractivity contribution in [3.05, 3.63) is 46.5 Å². The van der Waals surface area contributed by atoms with E-state index in [4.69, 9.17) is 9.47 Å². The van der Waals surface area contributed by atoms with Crippen molar-refractivity contribution in [2.24, 2.45) is 0 Å². The molecule has 0 atom stereocenters. The Balaban J connectivity index is 2.68. The summed E-state index contributed by atoms with van der Waals surface area (Å²) in [5.41, 5.74) is 3.37. The minimum atomic E-state index is -0.454. The van der Waals surface area contributed by atoms with Crippen LogP contribution in [0.2, 0.25) is 0 Å². The highest BCUT2D eigenvalue weighted by Gasteiger charge is 2.23. The Morgan fingerprint density at radius 2 is 1.28 bits per heavy atom. The number of benzene rings is 2. The molecule has 2 aromatic carbocycles. The second-order valence-electron chi connectivity index (χ2n) is 8.09. The van der Waals surface area contributed by atoms with Crippen LogP contribution in [0.3, 0.4) is 0 Å². The van der Waals surface area contributed by atoms with E-state index in [9.17, 15) is 19.8 Å². The zero-order chi connectivity index (χ0) is 21.9. The molecular formula is C23H28O6. The van der Waals surface area contributed by atoms with Crippen LogP contribution in [0.5, 0.6) is 11.5 Å². The molecule has 2 aromatic rings. The molecule has 0 heterocycles. The smallest absolute Gasteiger partial charge is 0.310 e.